The molecule has 0 saturated carbocycles. The zero-order chi connectivity index (χ0) is 10.6. The summed E-state index contributed by atoms with van der Waals surface area (Å²) in [5.74, 6) is 0.898. The van der Waals surface area contributed by atoms with Gasteiger partial charge in [0.05, 0.1) is 5.60 Å². The summed E-state index contributed by atoms with van der Waals surface area (Å²) in [6.07, 6.45) is 5.11. The molecule has 2 heterocycles. The highest BCUT2D eigenvalue weighted by molar-refractivity contribution is 4.82. The summed E-state index contributed by atoms with van der Waals surface area (Å²) < 4.78 is 5.74. The Morgan fingerprint density at radius 2 is 2.47 bits per heavy atom. The lowest BCUT2D eigenvalue weighted by Gasteiger charge is -2.23. The third-order valence-electron chi connectivity index (χ3n) is 3.69. The third kappa shape index (κ3) is 3.44. The molecule has 2 atom stereocenters. The van der Waals surface area contributed by atoms with Crippen LogP contribution < -0.4 is 10.6 Å². The van der Waals surface area contributed by atoms with Crippen molar-refractivity contribution in [2.75, 3.05) is 32.8 Å². The third-order valence-corrected chi connectivity index (χ3v) is 3.69. The first-order valence-electron chi connectivity index (χ1n) is 6.34. The number of ether oxygens (including phenoxy) is 1. The van der Waals surface area contributed by atoms with Gasteiger partial charge in [-0.3, -0.25) is 0 Å². The monoisotopic (exact) mass is 212 g/mol. The molecule has 2 N–H and O–H groups in total. The first kappa shape index (κ1) is 11.4. The molecular weight excluding hydrogens is 188 g/mol. The Labute approximate surface area is 93.0 Å². The van der Waals surface area contributed by atoms with Crippen LogP contribution in [0.1, 0.15) is 32.6 Å². The van der Waals surface area contributed by atoms with Crippen molar-refractivity contribution in [2.45, 2.75) is 38.2 Å². The van der Waals surface area contributed by atoms with E-state index in [0.29, 0.717) is 0 Å². The lowest BCUT2D eigenvalue weighted by molar-refractivity contribution is 0.0208. The van der Waals surface area contributed by atoms with Crippen molar-refractivity contribution < 1.29 is 4.74 Å². The van der Waals surface area contributed by atoms with E-state index in [0.717, 1.165) is 25.6 Å². The van der Waals surface area contributed by atoms with Gasteiger partial charge in [0.25, 0.3) is 0 Å². The standard InChI is InChI=1S/C12H24N2O/c1-12(5-2-8-15-12)10-14-7-4-11-3-6-13-9-11/h11,13-14H,2-10H2,1H3. The first-order chi connectivity index (χ1) is 7.29. The number of nitrogens with one attached hydrogen (secondary N) is 2. The van der Waals surface area contributed by atoms with Crippen LogP contribution in [0.2, 0.25) is 0 Å². The Balaban J connectivity index is 1.54. The minimum absolute atomic E-state index is 0.119. The van der Waals surface area contributed by atoms with Gasteiger partial charge in [-0.25, -0.2) is 0 Å². The molecule has 2 aliphatic rings. The molecule has 0 aromatic heterocycles. The van der Waals surface area contributed by atoms with Crippen molar-refractivity contribution in [3.8, 4) is 0 Å². The van der Waals surface area contributed by atoms with Crippen molar-refractivity contribution in [1.29, 1.82) is 0 Å². The zero-order valence-corrected chi connectivity index (χ0v) is 9.85. The van der Waals surface area contributed by atoms with Crippen molar-refractivity contribution in [2.24, 2.45) is 5.92 Å². The molecule has 0 aliphatic carbocycles. The van der Waals surface area contributed by atoms with Crippen molar-refractivity contribution in [3.63, 3.8) is 0 Å². The van der Waals surface area contributed by atoms with Gasteiger partial charge < -0.3 is 15.4 Å². The van der Waals surface area contributed by atoms with E-state index in [-0.39, 0.29) is 5.60 Å². The number of hydrogen-bond donors (Lipinski definition) is 2. The normalized spacial score (nSPS) is 36.2. The second-order valence-corrected chi connectivity index (χ2v) is 5.23. The number of hydrogen-bond acceptors (Lipinski definition) is 3. The smallest absolute Gasteiger partial charge is 0.0779 e. The first-order valence-corrected chi connectivity index (χ1v) is 6.34. The van der Waals surface area contributed by atoms with Gasteiger partial charge in [0.2, 0.25) is 0 Å². The van der Waals surface area contributed by atoms with Crippen LogP contribution in [0.25, 0.3) is 0 Å². The van der Waals surface area contributed by atoms with Gasteiger partial charge in [0.1, 0.15) is 0 Å². The van der Waals surface area contributed by atoms with Crippen LogP contribution in [0.3, 0.4) is 0 Å². The van der Waals surface area contributed by atoms with Gasteiger partial charge in [-0.15, -0.1) is 0 Å². The van der Waals surface area contributed by atoms with Gasteiger partial charge in [-0.1, -0.05) is 0 Å². The molecule has 3 heteroatoms. The van der Waals surface area contributed by atoms with Gasteiger partial charge in [-0.2, -0.15) is 0 Å². The molecule has 0 aromatic carbocycles. The molecule has 3 nitrogen and oxygen atoms in total. The summed E-state index contributed by atoms with van der Waals surface area (Å²) >= 11 is 0. The van der Waals surface area contributed by atoms with Crippen LogP contribution in [0.4, 0.5) is 0 Å². The summed E-state index contributed by atoms with van der Waals surface area (Å²) in [7, 11) is 0. The maximum Gasteiger partial charge on any atom is 0.0779 e. The van der Waals surface area contributed by atoms with Crippen LogP contribution in [-0.2, 0) is 4.74 Å². The summed E-state index contributed by atoms with van der Waals surface area (Å²) in [6.45, 7) is 7.77. The highest BCUT2D eigenvalue weighted by Gasteiger charge is 2.29. The maximum absolute atomic E-state index is 5.74. The largest absolute Gasteiger partial charge is 0.374 e. The molecule has 0 amide bonds. The van der Waals surface area contributed by atoms with Gasteiger partial charge >= 0.3 is 0 Å². The predicted octanol–water partition coefficient (Wildman–Crippen LogP) is 1.14. The quantitative estimate of drug-likeness (QED) is 0.671. The molecule has 2 saturated heterocycles. The molecule has 0 bridgehead atoms. The van der Waals surface area contributed by atoms with Crippen LogP contribution in [-0.4, -0.2) is 38.4 Å². The van der Waals surface area contributed by atoms with E-state index in [1.165, 1.54) is 38.8 Å². The van der Waals surface area contributed by atoms with Gasteiger partial charge in [0.15, 0.2) is 0 Å². The second-order valence-electron chi connectivity index (χ2n) is 5.23. The van der Waals surface area contributed by atoms with Gasteiger partial charge in [-0.05, 0) is 58.2 Å². The molecule has 2 unspecified atom stereocenters. The van der Waals surface area contributed by atoms with E-state index in [1.807, 2.05) is 0 Å². The molecule has 2 rings (SSSR count). The maximum atomic E-state index is 5.74. The fourth-order valence-electron chi connectivity index (χ4n) is 2.60. The van der Waals surface area contributed by atoms with E-state index in [9.17, 15) is 0 Å². The van der Waals surface area contributed by atoms with E-state index >= 15 is 0 Å². The Morgan fingerprint density at radius 3 is 3.13 bits per heavy atom. The molecule has 0 aromatic rings. The fraction of sp³-hybridized carbons (Fsp3) is 1.00. The van der Waals surface area contributed by atoms with E-state index in [4.69, 9.17) is 4.74 Å². The molecule has 0 spiro atoms. The van der Waals surface area contributed by atoms with E-state index in [1.54, 1.807) is 0 Å². The lowest BCUT2D eigenvalue weighted by atomic mass is 10.0. The van der Waals surface area contributed by atoms with Crippen molar-refractivity contribution in [1.82, 2.24) is 10.6 Å². The highest BCUT2D eigenvalue weighted by Crippen LogP contribution is 2.23. The number of rotatable bonds is 5. The van der Waals surface area contributed by atoms with Crippen LogP contribution in [0.15, 0.2) is 0 Å². The van der Waals surface area contributed by atoms with Crippen LogP contribution in [0.5, 0.6) is 0 Å². The molecule has 15 heavy (non-hydrogen) atoms. The molecule has 0 radical (unpaired) electrons. The topological polar surface area (TPSA) is 33.3 Å². The Bertz CT molecular complexity index is 184. The molecule has 88 valence electrons. The van der Waals surface area contributed by atoms with E-state index < -0.39 is 0 Å². The summed E-state index contributed by atoms with van der Waals surface area (Å²) in [6, 6.07) is 0. The highest BCUT2D eigenvalue weighted by atomic mass is 16.5. The fourth-order valence-corrected chi connectivity index (χ4v) is 2.60. The van der Waals surface area contributed by atoms with Gasteiger partial charge in [0, 0.05) is 13.2 Å². The average molecular weight is 212 g/mol. The predicted molar refractivity (Wildman–Crippen MR) is 62.1 cm³/mol. The summed E-state index contributed by atoms with van der Waals surface area (Å²) in [5, 5.41) is 6.95. The summed E-state index contributed by atoms with van der Waals surface area (Å²) in [5.41, 5.74) is 0.119. The zero-order valence-electron chi connectivity index (χ0n) is 9.85. The van der Waals surface area contributed by atoms with Crippen molar-refractivity contribution in [3.05, 3.63) is 0 Å². The Morgan fingerprint density at radius 1 is 1.53 bits per heavy atom. The van der Waals surface area contributed by atoms with Crippen LogP contribution in [0, 0.1) is 5.92 Å². The SMILES string of the molecule is CC1(CNCCC2CCNC2)CCCO1. The molecule has 2 fully saturated rings. The van der Waals surface area contributed by atoms with Crippen molar-refractivity contribution >= 4 is 0 Å². The average Bonchev–Trinajstić information content (AvgIpc) is 2.84. The second kappa shape index (κ2) is 5.28. The molecule has 2 aliphatic heterocycles. The van der Waals surface area contributed by atoms with E-state index in [2.05, 4.69) is 17.6 Å². The Hall–Kier alpha value is -0.120. The molecular formula is C12H24N2O. The van der Waals surface area contributed by atoms with Crippen LogP contribution >= 0.6 is 0 Å². The minimum Gasteiger partial charge on any atom is -0.374 e. The Kier molecular flexibility index (Phi) is 4.00. The summed E-state index contributed by atoms with van der Waals surface area (Å²) in [4.78, 5) is 0. The lowest BCUT2D eigenvalue weighted by Crippen LogP contribution is -2.38. The minimum atomic E-state index is 0.119.